The number of carbonyl (C=O) groups excluding carboxylic acids is 2. The van der Waals surface area contributed by atoms with Crippen molar-refractivity contribution in [2.24, 2.45) is 11.7 Å². The molecular formula is C16H20ClN3O4S. The third kappa shape index (κ3) is 4.13. The van der Waals surface area contributed by atoms with Gasteiger partial charge in [0.15, 0.2) is 0 Å². The summed E-state index contributed by atoms with van der Waals surface area (Å²) in [5, 5.41) is 0.0679. The lowest BCUT2D eigenvalue weighted by Crippen LogP contribution is -2.44. The van der Waals surface area contributed by atoms with Crippen LogP contribution in [0, 0.1) is 5.92 Å². The molecular weight excluding hydrogens is 366 g/mol. The van der Waals surface area contributed by atoms with Crippen molar-refractivity contribution in [1.29, 1.82) is 0 Å². The van der Waals surface area contributed by atoms with Gasteiger partial charge in [-0.25, -0.2) is 13.1 Å². The molecule has 3 rings (SSSR count). The van der Waals surface area contributed by atoms with Crippen molar-refractivity contribution in [3.63, 3.8) is 0 Å². The third-order valence-electron chi connectivity index (χ3n) is 4.48. The average Bonchev–Trinajstić information content (AvgIpc) is 3.37. The van der Waals surface area contributed by atoms with E-state index in [-0.39, 0.29) is 39.9 Å². The van der Waals surface area contributed by atoms with Crippen molar-refractivity contribution in [1.82, 2.24) is 9.62 Å². The maximum atomic E-state index is 12.7. The number of hydrogen-bond acceptors (Lipinski definition) is 4. The molecule has 1 aliphatic carbocycles. The summed E-state index contributed by atoms with van der Waals surface area (Å²) in [6.07, 6.45) is 2.95. The summed E-state index contributed by atoms with van der Waals surface area (Å²) < 4.78 is 27.4. The van der Waals surface area contributed by atoms with Crippen molar-refractivity contribution < 1.29 is 18.0 Å². The van der Waals surface area contributed by atoms with Gasteiger partial charge < -0.3 is 10.6 Å². The van der Waals surface area contributed by atoms with Gasteiger partial charge >= 0.3 is 0 Å². The van der Waals surface area contributed by atoms with Crippen molar-refractivity contribution in [2.45, 2.75) is 36.6 Å². The first-order valence-corrected chi connectivity index (χ1v) is 10.0. The number of sulfonamides is 1. The second-order valence-corrected chi connectivity index (χ2v) is 8.62. The van der Waals surface area contributed by atoms with Crippen molar-refractivity contribution >= 4 is 33.4 Å². The molecule has 2 fully saturated rings. The molecule has 2 aliphatic rings. The van der Waals surface area contributed by atoms with E-state index >= 15 is 0 Å². The second-order valence-electron chi connectivity index (χ2n) is 6.53. The monoisotopic (exact) mass is 385 g/mol. The van der Waals surface area contributed by atoms with E-state index in [1.165, 1.54) is 23.1 Å². The van der Waals surface area contributed by atoms with Gasteiger partial charge in [0, 0.05) is 24.7 Å². The minimum atomic E-state index is -3.77. The summed E-state index contributed by atoms with van der Waals surface area (Å²) in [5.74, 6) is -1.12. The molecule has 25 heavy (non-hydrogen) atoms. The van der Waals surface area contributed by atoms with Crippen LogP contribution in [0.15, 0.2) is 23.1 Å². The summed E-state index contributed by atoms with van der Waals surface area (Å²) in [4.78, 5) is 25.5. The van der Waals surface area contributed by atoms with E-state index in [0.29, 0.717) is 19.4 Å². The fourth-order valence-corrected chi connectivity index (χ4v) is 4.73. The van der Waals surface area contributed by atoms with Gasteiger partial charge in [0.25, 0.3) is 5.91 Å². The number of primary amides is 1. The van der Waals surface area contributed by atoms with Crippen LogP contribution in [0.1, 0.15) is 36.0 Å². The van der Waals surface area contributed by atoms with Gasteiger partial charge in [0.2, 0.25) is 15.9 Å². The van der Waals surface area contributed by atoms with Crippen LogP contribution in [0.5, 0.6) is 0 Å². The van der Waals surface area contributed by atoms with Crippen LogP contribution < -0.4 is 10.5 Å². The number of nitrogens with two attached hydrogens (primary N) is 1. The molecule has 3 N–H and O–H groups in total. The quantitative estimate of drug-likeness (QED) is 0.791. The molecule has 0 bridgehead atoms. The Morgan fingerprint density at radius 1 is 1.24 bits per heavy atom. The largest absolute Gasteiger partial charge is 0.369 e. The van der Waals surface area contributed by atoms with Crippen LogP contribution in [-0.2, 0) is 14.8 Å². The molecule has 1 saturated heterocycles. The Labute approximate surface area is 151 Å². The zero-order valence-corrected chi connectivity index (χ0v) is 15.1. The van der Waals surface area contributed by atoms with Crippen LogP contribution in [-0.4, -0.2) is 44.3 Å². The Morgan fingerprint density at radius 2 is 1.96 bits per heavy atom. The normalized spacial score (nSPS) is 21.2. The fourth-order valence-electron chi connectivity index (χ4n) is 2.90. The number of carbonyl (C=O) groups is 2. The number of nitrogens with zero attached hydrogens (tertiary/aromatic N) is 1. The summed E-state index contributed by atoms with van der Waals surface area (Å²) >= 11 is 6.03. The predicted molar refractivity (Wildman–Crippen MR) is 92.6 cm³/mol. The third-order valence-corrected chi connectivity index (χ3v) is 6.48. The standard InChI is InChI=1S/C16H20ClN3O4S/c17-13-6-3-10(8-14(13)25(23,24)19-12-4-5-12)16(22)20-7-1-2-11(9-20)15(18)21/h3,6,8,11-12,19H,1-2,4-5,7,9H2,(H2,18,21). The number of halogens is 1. The van der Waals surface area contributed by atoms with E-state index in [4.69, 9.17) is 17.3 Å². The topological polar surface area (TPSA) is 110 Å². The first-order valence-electron chi connectivity index (χ1n) is 8.18. The second kappa shape index (κ2) is 6.93. The molecule has 1 heterocycles. The first-order chi connectivity index (χ1) is 11.8. The van der Waals surface area contributed by atoms with Gasteiger partial charge in [-0.3, -0.25) is 9.59 Å². The van der Waals surface area contributed by atoms with Crippen LogP contribution in [0.2, 0.25) is 5.02 Å². The molecule has 136 valence electrons. The zero-order chi connectivity index (χ0) is 18.2. The lowest BCUT2D eigenvalue weighted by Gasteiger charge is -2.31. The van der Waals surface area contributed by atoms with Gasteiger partial charge in [-0.05, 0) is 43.9 Å². The lowest BCUT2D eigenvalue weighted by atomic mass is 9.97. The number of nitrogens with one attached hydrogen (secondary N) is 1. The number of piperidine rings is 1. The molecule has 1 aromatic rings. The predicted octanol–water partition coefficient (Wildman–Crippen LogP) is 1.12. The highest BCUT2D eigenvalue weighted by Gasteiger charge is 2.31. The Bertz CT molecular complexity index is 808. The van der Waals surface area contributed by atoms with E-state index in [9.17, 15) is 18.0 Å². The molecule has 1 unspecified atom stereocenters. The number of rotatable bonds is 5. The van der Waals surface area contributed by atoms with E-state index in [1.54, 1.807) is 0 Å². The molecule has 0 spiro atoms. The summed E-state index contributed by atoms with van der Waals surface area (Å²) in [6.45, 7) is 0.757. The Balaban J connectivity index is 1.83. The zero-order valence-electron chi connectivity index (χ0n) is 13.6. The Hall–Kier alpha value is -1.64. The summed E-state index contributed by atoms with van der Waals surface area (Å²) in [5.41, 5.74) is 5.57. The highest BCUT2D eigenvalue weighted by Crippen LogP contribution is 2.28. The summed E-state index contributed by atoms with van der Waals surface area (Å²) in [6, 6.07) is 4.14. The first kappa shape index (κ1) is 18.2. The van der Waals surface area contributed by atoms with Gasteiger partial charge in [-0.15, -0.1) is 0 Å². The minimum Gasteiger partial charge on any atom is -0.369 e. The van der Waals surface area contributed by atoms with Crippen LogP contribution in [0.3, 0.4) is 0 Å². The summed E-state index contributed by atoms with van der Waals surface area (Å²) in [7, 11) is -3.77. The maximum absolute atomic E-state index is 12.7. The Kier molecular flexibility index (Phi) is 5.04. The minimum absolute atomic E-state index is 0.0566. The smallest absolute Gasteiger partial charge is 0.253 e. The molecule has 1 saturated carbocycles. The fraction of sp³-hybridized carbons (Fsp3) is 0.500. The molecule has 1 aromatic carbocycles. The van der Waals surface area contributed by atoms with Crippen molar-refractivity contribution in [2.75, 3.05) is 13.1 Å². The molecule has 1 aliphatic heterocycles. The van der Waals surface area contributed by atoms with E-state index < -0.39 is 15.9 Å². The highest BCUT2D eigenvalue weighted by molar-refractivity contribution is 7.89. The molecule has 0 aromatic heterocycles. The van der Waals surface area contributed by atoms with Gasteiger partial charge in [0.1, 0.15) is 4.90 Å². The highest BCUT2D eigenvalue weighted by atomic mass is 35.5. The molecule has 9 heteroatoms. The Morgan fingerprint density at radius 3 is 2.60 bits per heavy atom. The van der Waals surface area contributed by atoms with Crippen molar-refractivity contribution in [3.05, 3.63) is 28.8 Å². The van der Waals surface area contributed by atoms with Gasteiger partial charge in [-0.1, -0.05) is 11.6 Å². The SMILES string of the molecule is NC(=O)C1CCCN(C(=O)c2ccc(Cl)c(S(=O)(=O)NC3CC3)c2)C1. The van der Waals surface area contributed by atoms with Gasteiger partial charge in [0.05, 0.1) is 10.9 Å². The number of hydrogen-bond donors (Lipinski definition) is 2. The number of benzene rings is 1. The molecule has 7 nitrogen and oxygen atoms in total. The van der Waals surface area contributed by atoms with Gasteiger partial charge in [-0.2, -0.15) is 0 Å². The molecule has 0 radical (unpaired) electrons. The van der Waals surface area contributed by atoms with E-state index in [2.05, 4.69) is 4.72 Å². The number of likely N-dealkylation sites (tertiary alicyclic amines) is 1. The number of amides is 2. The van der Waals surface area contributed by atoms with Crippen molar-refractivity contribution in [3.8, 4) is 0 Å². The van der Waals surface area contributed by atoms with Crippen LogP contribution >= 0.6 is 11.6 Å². The maximum Gasteiger partial charge on any atom is 0.253 e. The molecule has 2 amide bonds. The average molecular weight is 386 g/mol. The van der Waals surface area contributed by atoms with Crippen LogP contribution in [0.25, 0.3) is 0 Å². The van der Waals surface area contributed by atoms with Crippen LogP contribution in [0.4, 0.5) is 0 Å². The van der Waals surface area contributed by atoms with E-state index in [0.717, 1.165) is 12.8 Å². The van der Waals surface area contributed by atoms with E-state index in [1.807, 2.05) is 0 Å². The lowest BCUT2D eigenvalue weighted by molar-refractivity contribution is -0.123. The molecule has 1 atom stereocenters.